The van der Waals surface area contributed by atoms with Crippen molar-refractivity contribution in [3.8, 4) is 0 Å². The lowest BCUT2D eigenvalue weighted by atomic mass is 10.0. The van der Waals surface area contributed by atoms with Gasteiger partial charge < -0.3 is 20.3 Å². The van der Waals surface area contributed by atoms with Gasteiger partial charge in [-0.25, -0.2) is 4.79 Å². The van der Waals surface area contributed by atoms with Crippen molar-refractivity contribution in [2.45, 2.75) is 18.9 Å². The van der Waals surface area contributed by atoms with Crippen molar-refractivity contribution in [3.63, 3.8) is 0 Å². The van der Waals surface area contributed by atoms with Gasteiger partial charge in [0.1, 0.15) is 0 Å². The van der Waals surface area contributed by atoms with Gasteiger partial charge in [0.05, 0.1) is 11.8 Å². The van der Waals surface area contributed by atoms with E-state index in [1.807, 2.05) is 0 Å². The van der Waals surface area contributed by atoms with Crippen LogP contribution in [0.3, 0.4) is 0 Å². The van der Waals surface area contributed by atoms with Crippen molar-refractivity contribution in [1.82, 2.24) is 10.2 Å². The number of aliphatic carboxylic acids is 1. The lowest BCUT2D eigenvalue weighted by Gasteiger charge is -2.14. The summed E-state index contributed by atoms with van der Waals surface area (Å²) in [5, 5.41) is 33.9. The molecule has 1 heterocycles. The molecule has 1 aromatic heterocycles. The minimum Gasteiger partial charge on any atom is -0.479 e. The van der Waals surface area contributed by atoms with Crippen LogP contribution in [0.1, 0.15) is 12.6 Å². The zero-order valence-corrected chi connectivity index (χ0v) is 7.80. The molecule has 8 heteroatoms. The summed E-state index contributed by atoms with van der Waals surface area (Å²) in [6.07, 6.45) is -0.299. The number of carboxylic acids is 1. The first-order valence-corrected chi connectivity index (χ1v) is 3.97. The molecule has 8 nitrogen and oxygen atoms in total. The van der Waals surface area contributed by atoms with E-state index < -0.39 is 16.5 Å². The van der Waals surface area contributed by atoms with Crippen molar-refractivity contribution in [2.75, 3.05) is 0 Å². The van der Waals surface area contributed by atoms with Crippen LogP contribution in [0.2, 0.25) is 0 Å². The topological polar surface area (TPSA) is 129 Å². The largest absolute Gasteiger partial charge is 0.479 e. The summed E-state index contributed by atoms with van der Waals surface area (Å²) in [5.74, 6) is -1.75. The number of nitrogens with one attached hydrogen (secondary N) is 1. The monoisotopic (exact) mass is 215 g/mol. The highest BCUT2D eigenvalue weighted by Gasteiger charge is 2.32. The summed E-state index contributed by atoms with van der Waals surface area (Å²) in [6.45, 7) is 1.09. The Morgan fingerprint density at radius 1 is 1.80 bits per heavy atom. The number of hydrogen-bond acceptors (Lipinski definition) is 5. The summed E-state index contributed by atoms with van der Waals surface area (Å²) in [6, 6.07) is 1.08. The van der Waals surface area contributed by atoms with E-state index in [2.05, 4.69) is 10.2 Å². The molecule has 1 aromatic rings. The Morgan fingerprint density at radius 2 is 2.40 bits per heavy atom. The number of aliphatic hydroxyl groups is 1. The van der Waals surface area contributed by atoms with Gasteiger partial charge in [0, 0.05) is 6.42 Å². The van der Waals surface area contributed by atoms with Crippen LogP contribution in [0.4, 0.5) is 5.82 Å². The number of aromatic amines is 1. The Hall–Kier alpha value is -1.96. The summed E-state index contributed by atoms with van der Waals surface area (Å²) in [5.41, 5.74) is -1.86. The Balaban J connectivity index is 2.82. The third-order valence-electron chi connectivity index (χ3n) is 1.80. The summed E-state index contributed by atoms with van der Waals surface area (Å²) in [7, 11) is 0. The van der Waals surface area contributed by atoms with Gasteiger partial charge >= 0.3 is 11.8 Å². The highest BCUT2D eigenvalue weighted by molar-refractivity contribution is 5.76. The van der Waals surface area contributed by atoms with E-state index in [0.29, 0.717) is 0 Å². The molecule has 0 saturated heterocycles. The highest BCUT2D eigenvalue weighted by Crippen LogP contribution is 2.15. The third kappa shape index (κ3) is 2.50. The van der Waals surface area contributed by atoms with Gasteiger partial charge in [-0.05, 0) is 11.8 Å². The van der Waals surface area contributed by atoms with Crippen LogP contribution in [0.25, 0.3) is 0 Å². The minimum absolute atomic E-state index is 0.120. The number of rotatable bonds is 4. The van der Waals surface area contributed by atoms with Crippen LogP contribution >= 0.6 is 0 Å². The van der Waals surface area contributed by atoms with Gasteiger partial charge in [-0.2, -0.15) is 0 Å². The normalized spacial score (nSPS) is 14.5. The SMILES string of the molecule is CC(O)(Cc1cc([N+](=O)[O-])[nH]n1)C(=O)O. The van der Waals surface area contributed by atoms with Crippen molar-refractivity contribution in [3.05, 3.63) is 21.9 Å². The second-order valence-electron chi connectivity index (χ2n) is 3.26. The molecular weight excluding hydrogens is 206 g/mol. The van der Waals surface area contributed by atoms with Crippen LogP contribution in [0.5, 0.6) is 0 Å². The van der Waals surface area contributed by atoms with Crippen LogP contribution in [0, 0.1) is 10.1 Å². The molecule has 0 spiro atoms. The van der Waals surface area contributed by atoms with E-state index in [4.69, 9.17) is 5.11 Å². The second-order valence-corrected chi connectivity index (χ2v) is 3.26. The fourth-order valence-corrected chi connectivity index (χ4v) is 0.964. The first kappa shape index (κ1) is 11.1. The number of carbonyl (C=O) groups is 1. The molecule has 0 bridgehead atoms. The summed E-state index contributed by atoms with van der Waals surface area (Å²) >= 11 is 0. The maximum atomic E-state index is 10.5. The van der Waals surface area contributed by atoms with Gasteiger partial charge in [0.15, 0.2) is 5.60 Å². The molecule has 1 atom stereocenters. The summed E-state index contributed by atoms with van der Waals surface area (Å²) < 4.78 is 0. The Morgan fingerprint density at radius 3 is 2.80 bits per heavy atom. The van der Waals surface area contributed by atoms with Crippen molar-refractivity contribution < 1.29 is 19.9 Å². The van der Waals surface area contributed by atoms with E-state index in [-0.39, 0.29) is 17.9 Å². The zero-order valence-electron chi connectivity index (χ0n) is 7.80. The average Bonchev–Trinajstić information content (AvgIpc) is 2.51. The first-order chi connectivity index (χ1) is 6.83. The number of H-pyrrole nitrogens is 1. The Kier molecular flexibility index (Phi) is 2.71. The third-order valence-corrected chi connectivity index (χ3v) is 1.80. The molecule has 0 aliphatic rings. The van der Waals surface area contributed by atoms with E-state index in [9.17, 15) is 20.0 Å². The molecule has 0 fully saturated rings. The number of hydrogen-bond donors (Lipinski definition) is 3. The molecule has 0 saturated carbocycles. The van der Waals surface area contributed by atoms with E-state index >= 15 is 0 Å². The molecule has 0 aliphatic carbocycles. The number of nitrogens with zero attached hydrogens (tertiary/aromatic N) is 2. The molecule has 15 heavy (non-hydrogen) atoms. The smallest absolute Gasteiger partial charge is 0.342 e. The molecule has 1 rings (SSSR count). The average molecular weight is 215 g/mol. The Labute approximate surface area is 83.7 Å². The fraction of sp³-hybridized carbons (Fsp3) is 0.429. The van der Waals surface area contributed by atoms with Crippen molar-refractivity contribution in [1.29, 1.82) is 0 Å². The first-order valence-electron chi connectivity index (χ1n) is 3.97. The quantitative estimate of drug-likeness (QED) is 0.466. The maximum Gasteiger partial charge on any atom is 0.342 e. The zero-order chi connectivity index (χ0) is 11.6. The lowest BCUT2D eigenvalue weighted by molar-refractivity contribution is -0.389. The molecule has 0 aromatic carbocycles. The predicted molar refractivity (Wildman–Crippen MR) is 47.2 cm³/mol. The van der Waals surface area contributed by atoms with Crippen LogP contribution in [0.15, 0.2) is 6.07 Å². The van der Waals surface area contributed by atoms with Crippen LogP contribution in [-0.4, -0.2) is 36.9 Å². The maximum absolute atomic E-state index is 10.5. The minimum atomic E-state index is -1.98. The van der Waals surface area contributed by atoms with Gasteiger partial charge in [-0.15, -0.1) is 5.10 Å². The van der Waals surface area contributed by atoms with E-state index in [1.165, 1.54) is 0 Å². The van der Waals surface area contributed by atoms with E-state index in [0.717, 1.165) is 13.0 Å². The predicted octanol–water partition coefficient (Wildman–Crippen LogP) is -0.304. The standard InChI is InChI=1S/C7H9N3O5/c1-7(13,6(11)12)3-4-2-5(9-8-4)10(14)15/h2,13H,3H2,1H3,(H,8,9)(H,11,12). The molecular formula is C7H9N3O5. The van der Waals surface area contributed by atoms with Gasteiger partial charge in [0.25, 0.3) is 0 Å². The van der Waals surface area contributed by atoms with Gasteiger partial charge in [0.2, 0.25) is 0 Å². The van der Waals surface area contributed by atoms with Crippen molar-refractivity contribution in [2.24, 2.45) is 0 Å². The molecule has 0 radical (unpaired) electrons. The van der Waals surface area contributed by atoms with Crippen LogP contribution in [-0.2, 0) is 11.2 Å². The fourth-order valence-electron chi connectivity index (χ4n) is 0.964. The number of nitro groups is 1. The molecule has 0 amide bonds. The molecule has 0 aliphatic heterocycles. The highest BCUT2D eigenvalue weighted by atomic mass is 16.6. The van der Waals surface area contributed by atoms with Crippen molar-refractivity contribution >= 4 is 11.8 Å². The van der Waals surface area contributed by atoms with Gasteiger partial charge in [-0.1, -0.05) is 5.10 Å². The second kappa shape index (κ2) is 3.65. The molecule has 3 N–H and O–H groups in total. The van der Waals surface area contributed by atoms with Crippen LogP contribution < -0.4 is 0 Å². The lowest BCUT2D eigenvalue weighted by Crippen LogP contribution is -2.37. The number of aromatic nitrogens is 2. The number of carboxylic acid groups (broad SMARTS) is 1. The Bertz CT molecular complexity index is 397. The molecule has 1 unspecified atom stereocenters. The summed E-state index contributed by atoms with van der Waals surface area (Å²) in [4.78, 5) is 20.1. The van der Waals surface area contributed by atoms with E-state index in [1.54, 1.807) is 0 Å². The molecule has 82 valence electrons. The van der Waals surface area contributed by atoms with Gasteiger partial charge in [-0.3, -0.25) is 0 Å².